The molecule has 0 fully saturated rings. The van der Waals surface area contributed by atoms with Gasteiger partial charge in [0.05, 0.1) is 11.9 Å². The number of carbonyl (C=O) groups excluding carboxylic acids is 1. The van der Waals surface area contributed by atoms with Crippen molar-refractivity contribution in [1.29, 1.82) is 0 Å². The van der Waals surface area contributed by atoms with Gasteiger partial charge in [0.25, 0.3) is 0 Å². The number of anilines is 1. The van der Waals surface area contributed by atoms with Crippen LogP contribution in [0.3, 0.4) is 0 Å². The van der Waals surface area contributed by atoms with Crippen LogP contribution in [0.2, 0.25) is 0 Å². The number of hydrogen-bond acceptors (Lipinski definition) is 3. The summed E-state index contributed by atoms with van der Waals surface area (Å²) in [5, 5.41) is 2.93. The Morgan fingerprint density at radius 1 is 1.31 bits per heavy atom. The molecule has 0 aromatic heterocycles. The van der Waals surface area contributed by atoms with E-state index in [1.165, 1.54) is 22.7 Å². The molecule has 0 radical (unpaired) electrons. The standard InChI is InChI=1S/C20H30N2O3S/c1-4-19(20(23)21-14-13-17-10-6-5-7-11-17)22(26(3,24)25)18-12-8-9-16(2)15-18/h8-10,12,15,19H,4-7,11,13-14H2,1-3H3,(H,21,23). The fourth-order valence-corrected chi connectivity index (χ4v) is 4.62. The number of amides is 1. The molecular formula is C20H30N2O3S. The average molecular weight is 379 g/mol. The van der Waals surface area contributed by atoms with Gasteiger partial charge in [-0.15, -0.1) is 0 Å². The van der Waals surface area contributed by atoms with Crippen LogP contribution in [0.4, 0.5) is 5.69 Å². The Morgan fingerprint density at radius 3 is 2.65 bits per heavy atom. The molecular weight excluding hydrogens is 348 g/mol. The molecule has 5 nitrogen and oxygen atoms in total. The second-order valence-corrected chi connectivity index (χ2v) is 8.83. The lowest BCUT2D eigenvalue weighted by Gasteiger charge is -2.30. The molecule has 0 spiro atoms. The predicted molar refractivity (Wildman–Crippen MR) is 107 cm³/mol. The van der Waals surface area contributed by atoms with Gasteiger partial charge in [0.2, 0.25) is 15.9 Å². The molecule has 1 aliphatic carbocycles. The zero-order valence-electron chi connectivity index (χ0n) is 16.0. The van der Waals surface area contributed by atoms with Gasteiger partial charge in [0, 0.05) is 6.54 Å². The highest BCUT2D eigenvalue weighted by atomic mass is 32.2. The van der Waals surface area contributed by atoms with E-state index in [1.54, 1.807) is 12.1 Å². The molecule has 0 bridgehead atoms. The molecule has 1 atom stereocenters. The van der Waals surface area contributed by atoms with E-state index in [0.717, 1.165) is 31.1 Å². The van der Waals surface area contributed by atoms with Crippen molar-refractivity contribution in [2.24, 2.45) is 0 Å². The van der Waals surface area contributed by atoms with Crippen LogP contribution in [-0.4, -0.2) is 33.2 Å². The van der Waals surface area contributed by atoms with Gasteiger partial charge in [-0.05, 0) is 63.1 Å². The van der Waals surface area contributed by atoms with Crippen LogP contribution in [0.1, 0.15) is 51.0 Å². The number of benzene rings is 1. The molecule has 1 aromatic carbocycles. The lowest BCUT2D eigenvalue weighted by Crippen LogP contribution is -2.49. The minimum atomic E-state index is -3.58. The molecule has 1 N–H and O–H groups in total. The van der Waals surface area contributed by atoms with E-state index in [1.807, 2.05) is 26.0 Å². The number of allylic oxidation sites excluding steroid dienone is 1. The molecule has 1 aliphatic rings. The normalized spacial score (nSPS) is 15.9. The van der Waals surface area contributed by atoms with Crippen molar-refractivity contribution in [2.75, 3.05) is 17.1 Å². The first-order chi connectivity index (χ1) is 12.3. The van der Waals surface area contributed by atoms with Crippen molar-refractivity contribution in [2.45, 2.75) is 58.4 Å². The first-order valence-electron chi connectivity index (χ1n) is 9.34. The van der Waals surface area contributed by atoms with Crippen molar-refractivity contribution >= 4 is 21.6 Å². The molecule has 1 aromatic rings. The van der Waals surface area contributed by atoms with Gasteiger partial charge in [-0.1, -0.05) is 30.7 Å². The zero-order valence-corrected chi connectivity index (χ0v) is 16.8. The third-order valence-corrected chi connectivity index (χ3v) is 5.90. The van der Waals surface area contributed by atoms with Gasteiger partial charge in [0.1, 0.15) is 6.04 Å². The van der Waals surface area contributed by atoms with E-state index in [4.69, 9.17) is 0 Å². The molecule has 26 heavy (non-hydrogen) atoms. The van der Waals surface area contributed by atoms with Crippen LogP contribution in [-0.2, 0) is 14.8 Å². The maximum atomic E-state index is 12.7. The Morgan fingerprint density at radius 2 is 2.08 bits per heavy atom. The van der Waals surface area contributed by atoms with Gasteiger partial charge in [-0.2, -0.15) is 0 Å². The Hall–Kier alpha value is -1.82. The SMILES string of the molecule is CCC(C(=O)NCCC1=CCCCC1)N(c1cccc(C)c1)S(C)(=O)=O. The van der Waals surface area contributed by atoms with Crippen LogP contribution < -0.4 is 9.62 Å². The van der Waals surface area contributed by atoms with Gasteiger partial charge < -0.3 is 5.32 Å². The van der Waals surface area contributed by atoms with Gasteiger partial charge in [-0.3, -0.25) is 9.10 Å². The summed E-state index contributed by atoms with van der Waals surface area (Å²) in [6, 6.07) is 6.50. The van der Waals surface area contributed by atoms with Gasteiger partial charge in [-0.25, -0.2) is 8.42 Å². The highest BCUT2D eigenvalue weighted by molar-refractivity contribution is 7.92. The highest BCUT2D eigenvalue weighted by Gasteiger charge is 2.31. The summed E-state index contributed by atoms with van der Waals surface area (Å²) in [4.78, 5) is 12.7. The lowest BCUT2D eigenvalue weighted by molar-refractivity contribution is -0.122. The molecule has 0 aliphatic heterocycles. The first kappa shape index (κ1) is 20.5. The fraction of sp³-hybridized carbons (Fsp3) is 0.550. The molecule has 6 heteroatoms. The summed E-state index contributed by atoms with van der Waals surface area (Å²) in [6.45, 7) is 4.29. The van der Waals surface area contributed by atoms with Gasteiger partial charge >= 0.3 is 0 Å². The van der Waals surface area contributed by atoms with Crippen LogP contribution >= 0.6 is 0 Å². The Kier molecular flexibility index (Phi) is 7.26. The number of aryl methyl sites for hydroxylation is 1. The quantitative estimate of drug-likeness (QED) is 0.704. The maximum Gasteiger partial charge on any atom is 0.243 e. The monoisotopic (exact) mass is 378 g/mol. The fourth-order valence-electron chi connectivity index (χ4n) is 3.42. The third-order valence-electron chi connectivity index (χ3n) is 4.72. The van der Waals surface area contributed by atoms with Crippen molar-refractivity contribution in [1.82, 2.24) is 5.32 Å². The Balaban J connectivity index is 2.11. The van der Waals surface area contributed by atoms with E-state index >= 15 is 0 Å². The number of nitrogens with zero attached hydrogens (tertiary/aromatic N) is 1. The third kappa shape index (κ3) is 5.59. The number of rotatable bonds is 8. The van der Waals surface area contributed by atoms with E-state index < -0.39 is 16.1 Å². The smallest absolute Gasteiger partial charge is 0.243 e. The largest absolute Gasteiger partial charge is 0.354 e. The van der Waals surface area contributed by atoms with E-state index in [-0.39, 0.29) is 5.91 Å². The number of sulfonamides is 1. The highest BCUT2D eigenvalue weighted by Crippen LogP contribution is 2.24. The van der Waals surface area contributed by atoms with E-state index in [2.05, 4.69) is 11.4 Å². The Bertz CT molecular complexity index is 756. The molecule has 1 amide bonds. The summed E-state index contributed by atoms with van der Waals surface area (Å²) in [5.74, 6) is -0.240. The first-order valence-corrected chi connectivity index (χ1v) is 11.2. The average Bonchev–Trinajstić information content (AvgIpc) is 2.59. The second-order valence-electron chi connectivity index (χ2n) is 6.97. The Labute approximate surface area is 157 Å². The minimum Gasteiger partial charge on any atom is -0.354 e. The van der Waals surface area contributed by atoms with Crippen molar-refractivity contribution in [3.8, 4) is 0 Å². The summed E-state index contributed by atoms with van der Waals surface area (Å²) in [5.41, 5.74) is 2.88. The van der Waals surface area contributed by atoms with Gasteiger partial charge in [0.15, 0.2) is 0 Å². The molecule has 1 unspecified atom stereocenters. The predicted octanol–water partition coefficient (Wildman–Crippen LogP) is 3.55. The maximum absolute atomic E-state index is 12.7. The molecule has 0 heterocycles. The summed E-state index contributed by atoms with van der Waals surface area (Å²) >= 11 is 0. The van der Waals surface area contributed by atoms with Crippen LogP contribution in [0.15, 0.2) is 35.9 Å². The number of carbonyl (C=O) groups is 1. The zero-order chi connectivity index (χ0) is 19.2. The van der Waals surface area contributed by atoms with Crippen molar-refractivity contribution < 1.29 is 13.2 Å². The molecule has 0 saturated heterocycles. The van der Waals surface area contributed by atoms with E-state index in [0.29, 0.717) is 18.7 Å². The number of nitrogens with one attached hydrogen (secondary N) is 1. The summed E-state index contributed by atoms with van der Waals surface area (Å²) in [6.07, 6.45) is 9.35. The number of hydrogen-bond donors (Lipinski definition) is 1. The lowest BCUT2D eigenvalue weighted by atomic mass is 9.97. The topological polar surface area (TPSA) is 66.5 Å². The summed E-state index contributed by atoms with van der Waals surface area (Å²) < 4.78 is 26.1. The minimum absolute atomic E-state index is 0.240. The van der Waals surface area contributed by atoms with Crippen molar-refractivity contribution in [3.63, 3.8) is 0 Å². The van der Waals surface area contributed by atoms with Crippen LogP contribution in [0, 0.1) is 6.92 Å². The van der Waals surface area contributed by atoms with Crippen LogP contribution in [0.25, 0.3) is 0 Å². The van der Waals surface area contributed by atoms with Crippen molar-refractivity contribution in [3.05, 3.63) is 41.5 Å². The molecule has 144 valence electrons. The molecule has 2 rings (SSSR count). The molecule has 0 saturated carbocycles. The second kappa shape index (κ2) is 9.21. The van der Waals surface area contributed by atoms with Crippen LogP contribution in [0.5, 0.6) is 0 Å². The van der Waals surface area contributed by atoms with E-state index in [9.17, 15) is 13.2 Å². The summed E-state index contributed by atoms with van der Waals surface area (Å²) in [7, 11) is -3.58.